The van der Waals surface area contributed by atoms with E-state index in [9.17, 15) is 14.5 Å². The van der Waals surface area contributed by atoms with Crippen LogP contribution >= 0.6 is 11.6 Å². The van der Waals surface area contributed by atoms with Crippen molar-refractivity contribution in [1.82, 2.24) is 9.97 Å². The second-order valence-electron chi connectivity index (χ2n) is 3.58. The fraction of sp³-hybridized carbons (Fsp3) is 0. The zero-order chi connectivity index (χ0) is 14.7. The minimum atomic E-state index is -0.659. The Bertz CT molecular complexity index is 668. The number of nitrogens with zero attached hydrogens (tertiary/aromatic N) is 3. The molecule has 0 saturated heterocycles. The van der Waals surface area contributed by atoms with Gasteiger partial charge in [-0.3, -0.25) is 15.5 Å². The lowest BCUT2D eigenvalue weighted by Crippen LogP contribution is -2.12. The minimum Gasteiger partial charge on any atom is -0.334 e. The van der Waals surface area contributed by atoms with Crippen molar-refractivity contribution in [2.24, 2.45) is 5.84 Å². The molecule has 1 aromatic heterocycles. The van der Waals surface area contributed by atoms with Crippen LogP contribution in [-0.2, 0) is 0 Å². The van der Waals surface area contributed by atoms with Gasteiger partial charge >= 0.3 is 5.69 Å². The molecule has 0 radical (unpaired) electrons. The summed E-state index contributed by atoms with van der Waals surface area (Å²) >= 11 is 5.63. The van der Waals surface area contributed by atoms with E-state index in [1.807, 2.05) is 0 Å². The van der Waals surface area contributed by atoms with E-state index in [-0.39, 0.29) is 22.5 Å². The average Bonchev–Trinajstić information content (AvgIpc) is 2.42. The highest BCUT2D eigenvalue weighted by Gasteiger charge is 2.17. The molecule has 0 aliphatic rings. The van der Waals surface area contributed by atoms with E-state index >= 15 is 0 Å². The predicted molar refractivity (Wildman–Crippen MR) is 71.2 cm³/mol. The summed E-state index contributed by atoms with van der Waals surface area (Å²) in [5.41, 5.74) is 2.15. The predicted octanol–water partition coefficient (Wildman–Crippen LogP) is 2.21. The lowest BCUT2D eigenvalue weighted by Gasteiger charge is -2.07. The maximum atomic E-state index is 13.0. The van der Waals surface area contributed by atoms with Crippen LogP contribution in [0.4, 0.5) is 27.5 Å². The minimum absolute atomic E-state index is 0.00805. The average molecular weight is 299 g/mol. The topological polar surface area (TPSA) is 119 Å². The Hall–Kier alpha value is -2.52. The second-order valence-corrected chi connectivity index (χ2v) is 3.99. The fourth-order valence-electron chi connectivity index (χ4n) is 1.38. The molecule has 0 aliphatic heterocycles. The highest BCUT2D eigenvalue weighted by Crippen LogP contribution is 2.27. The maximum Gasteiger partial charge on any atom is 0.329 e. The number of nitrogen functional groups attached to an aromatic ring is 1. The van der Waals surface area contributed by atoms with E-state index in [2.05, 4.69) is 20.7 Å². The van der Waals surface area contributed by atoms with Crippen molar-refractivity contribution in [3.05, 3.63) is 45.4 Å². The van der Waals surface area contributed by atoms with Crippen molar-refractivity contribution < 1.29 is 9.31 Å². The fourth-order valence-corrected chi connectivity index (χ4v) is 1.56. The molecule has 0 unspecified atom stereocenters. The van der Waals surface area contributed by atoms with Gasteiger partial charge in [0.1, 0.15) is 12.0 Å². The summed E-state index contributed by atoms with van der Waals surface area (Å²) in [5.74, 6) is 4.44. The number of rotatable bonds is 4. The molecule has 1 heterocycles. The maximum absolute atomic E-state index is 13.0. The third-order valence-electron chi connectivity index (χ3n) is 2.28. The standard InChI is InChI=1S/C10H8ClFN6O2/c11-6-3-5(1-2-7(6)12)15-9-8(18(19)20)4-14-10(16-9)17-13/h1-4H,13H2,(H2,14,15,16,17). The summed E-state index contributed by atoms with van der Waals surface area (Å²) in [6.45, 7) is 0. The molecular weight excluding hydrogens is 291 g/mol. The van der Waals surface area contributed by atoms with Crippen molar-refractivity contribution in [1.29, 1.82) is 0 Å². The quantitative estimate of drug-likeness (QED) is 0.449. The second kappa shape index (κ2) is 5.63. The van der Waals surface area contributed by atoms with E-state index in [4.69, 9.17) is 17.4 Å². The Kier molecular flexibility index (Phi) is 3.91. The number of hydrazine groups is 1. The first-order valence-corrected chi connectivity index (χ1v) is 5.59. The van der Waals surface area contributed by atoms with Crippen molar-refractivity contribution in [3.63, 3.8) is 0 Å². The van der Waals surface area contributed by atoms with Gasteiger partial charge in [-0.15, -0.1) is 0 Å². The van der Waals surface area contributed by atoms with Crippen molar-refractivity contribution in [2.75, 3.05) is 10.7 Å². The molecule has 0 spiro atoms. The molecule has 0 saturated carbocycles. The SMILES string of the molecule is NNc1ncc([N+](=O)[O-])c(Nc2ccc(F)c(Cl)c2)n1. The number of hydrogen-bond donors (Lipinski definition) is 3. The number of halogens is 2. The van der Waals surface area contributed by atoms with Crippen LogP contribution in [0.5, 0.6) is 0 Å². The molecule has 2 rings (SSSR count). The summed E-state index contributed by atoms with van der Waals surface area (Å²) in [5, 5.41) is 13.4. The lowest BCUT2D eigenvalue weighted by molar-refractivity contribution is -0.384. The molecule has 1 aromatic carbocycles. The van der Waals surface area contributed by atoms with Crippen molar-refractivity contribution >= 4 is 34.7 Å². The van der Waals surface area contributed by atoms with E-state index in [0.29, 0.717) is 5.69 Å². The Labute approximate surface area is 116 Å². The summed E-state index contributed by atoms with van der Waals surface area (Å²) in [4.78, 5) is 17.7. The van der Waals surface area contributed by atoms with E-state index in [0.717, 1.165) is 12.3 Å². The Morgan fingerprint density at radius 1 is 1.45 bits per heavy atom. The van der Waals surface area contributed by atoms with E-state index in [1.54, 1.807) is 0 Å². The molecule has 0 atom stereocenters. The molecule has 10 heteroatoms. The normalized spacial score (nSPS) is 10.2. The van der Waals surface area contributed by atoms with E-state index in [1.165, 1.54) is 12.1 Å². The highest BCUT2D eigenvalue weighted by atomic mass is 35.5. The van der Waals surface area contributed by atoms with Gasteiger partial charge in [-0.25, -0.2) is 15.2 Å². The number of nitrogens with one attached hydrogen (secondary N) is 2. The van der Waals surface area contributed by atoms with Gasteiger partial charge < -0.3 is 5.32 Å². The van der Waals surface area contributed by atoms with Gasteiger partial charge in [0.05, 0.1) is 9.95 Å². The molecule has 8 nitrogen and oxygen atoms in total. The van der Waals surface area contributed by atoms with Crippen molar-refractivity contribution in [3.8, 4) is 0 Å². The number of nitro groups is 1. The lowest BCUT2D eigenvalue weighted by atomic mass is 10.3. The third-order valence-corrected chi connectivity index (χ3v) is 2.57. The highest BCUT2D eigenvalue weighted by molar-refractivity contribution is 6.31. The van der Waals surface area contributed by atoms with Gasteiger partial charge in [0.25, 0.3) is 0 Å². The smallest absolute Gasteiger partial charge is 0.329 e. The van der Waals surface area contributed by atoms with Crippen LogP contribution in [0.15, 0.2) is 24.4 Å². The number of nitrogens with two attached hydrogens (primary N) is 1. The molecule has 0 bridgehead atoms. The first-order valence-electron chi connectivity index (χ1n) is 5.21. The molecule has 0 amide bonds. The summed E-state index contributed by atoms with van der Waals surface area (Å²) in [6.07, 6.45) is 0.996. The Balaban J connectivity index is 2.40. The number of aromatic nitrogens is 2. The molecule has 0 fully saturated rings. The van der Waals surface area contributed by atoms with Crippen LogP contribution in [0.1, 0.15) is 0 Å². The van der Waals surface area contributed by atoms with Crippen LogP contribution < -0.4 is 16.6 Å². The largest absolute Gasteiger partial charge is 0.334 e. The third kappa shape index (κ3) is 2.90. The molecule has 20 heavy (non-hydrogen) atoms. The Morgan fingerprint density at radius 2 is 2.20 bits per heavy atom. The van der Waals surface area contributed by atoms with Gasteiger partial charge in [-0.1, -0.05) is 11.6 Å². The molecule has 4 N–H and O–H groups in total. The van der Waals surface area contributed by atoms with Gasteiger partial charge in [0, 0.05) is 5.69 Å². The molecule has 0 aliphatic carbocycles. The molecule has 2 aromatic rings. The zero-order valence-electron chi connectivity index (χ0n) is 9.80. The zero-order valence-corrected chi connectivity index (χ0v) is 10.6. The van der Waals surface area contributed by atoms with Gasteiger partial charge in [0.2, 0.25) is 11.8 Å². The first kappa shape index (κ1) is 13.9. The van der Waals surface area contributed by atoms with Crippen LogP contribution in [0.25, 0.3) is 0 Å². The van der Waals surface area contributed by atoms with Gasteiger partial charge in [0.15, 0.2) is 0 Å². The van der Waals surface area contributed by atoms with Gasteiger partial charge in [-0.2, -0.15) is 4.98 Å². The van der Waals surface area contributed by atoms with Crippen LogP contribution in [-0.4, -0.2) is 14.9 Å². The molecular formula is C10H8ClFN6O2. The monoisotopic (exact) mass is 298 g/mol. The molecule has 104 valence electrons. The summed E-state index contributed by atoms with van der Waals surface area (Å²) in [6, 6.07) is 3.76. The summed E-state index contributed by atoms with van der Waals surface area (Å²) in [7, 11) is 0. The summed E-state index contributed by atoms with van der Waals surface area (Å²) < 4.78 is 13.0. The number of anilines is 3. The van der Waals surface area contributed by atoms with Gasteiger partial charge in [-0.05, 0) is 18.2 Å². The van der Waals surface area contributed by atoms with Crippen LogP contribution in [0.3, 0.4) is 0 Å². The first-order chi connectivity index (χ1) is 9.51. The number of hydrogen-bond acceptors (Lipinski definition) is 7. The van der Waals surface area contributed by atoms with Crippen molar-refractivity contribution in [2.45, 2.75) is 0 Å². The van der Waals surface area contributed by atoms with Crippen LogP contribution in [0, 0.1) is 15.9 Å². The van der Waals surface area contributed by atoms with Crippen LogP contribution in [0.2, 0.25) is 5.02 Å². The number of benzene rings is 1. The Morgan fingerprint density at radius 3 is 2.80 bits per heavy atom. The van der Waals surface area contributed by atoms with E-state index < -0.39 is 10.7 Å².